The molecule has 20 heavy (non-hydrogen) atoms. The third kappa shape index (κ3) is 5.31. The summed E-state index contributed by atoms with van der Waals surface area (Å²) in [5.41, 5.74) is 0.657. The minimum absolute atomic E-state index is 0.0774. The Kier molecular flexibility index (Phi) is 7.92. The minimum atomic E-state index is 0.0774. The standard InChI is InChI=1S/C16H26N2O2/c1-4-18(5-2)12-11-17-13-15(19)14-9-7-8-10-16(14)20-6-3/h7-10,17H,4-6,11-13H2,1-3H3. The topological polar surface area (TPSA) is 41.6 Å². The smallest absolute Gasteiger partial charge is 0.180 e. The predicted molar refractivity (Wildman–Crippen MR) is 82.6 cm³/mol. The number of benzene rings is 1. The van der Waals surface area contributed by atoms with E-state index in [0.717, 1.165) is 26.2 Å². The van der Waals surface area contributed by atoms with Gasteiger partial charge in [0, 0.05) is 13.1 Å². The van der Waals surface area contributed by atoms with Crippen molar-refractivity contribution in [1.82, 2.24) is 10.2 Å². The van der Waals surface area contributed by atoms with Gasteiger partial charge < -0.3 is 15.0 Å². The third-order valence-electron chi connectivity index (χ3n) is 3.27. The summed E-state index contributed by atoms with van der Waals surface area (Å²) in [5.74, 6) is 0.749. The van der Waals surface area contributed by atoms with Crippen molar-refractivity contribution in [2.45, 2.75) is 20.8 Å². The highest BCUT2D eigenvalue weighted by molar-refractivity contribution is 6.00. The Morgan fingerprint density at radius 2 is 1.90 bits per heavy atom. The molecule has 0 spiro atoms. The number of hydrogen-bond acceptors (Lipinski definition) is 4. The van der Waals surface area contributed by atoms with Gasteiger partial charge in [-0.2, -0.15) is 0 Å². The van der Waals surface area contributed by atoms with Crippen LogP contribution in [0.15, 0.2) is 24.3 Å². The fourth-order valence-corrected chi connectivity index (χ4v) is 2.05. The van der Waals surface area contributed by atoms with Crippen LogP contribution in [0, 0.1) is 0 Å². The van der Waals surface area contributed by atoms with Gasteiger partial charge in [0.2, 0.25) is 0 Å². The highest BCUT2D eigenvalue weighted by atomic mass is 16.5. The van der Waals surface area contributed by atoms with E-state index in [0.29, 0.717) is 24.5 Å². The van der Waals surface area contributed by atoms with E-state index >= 15 is 0 Å². The number of carbonyl (C=O) groups is 1. The number of likely N-dealkylation sites (N-methyl/N-ethyl adjacent to an activating group) is 1. The van der Waals surface area contributed by atoms with Crippen LogP contribution in [0.5, 0.6) is 5.75 Å². The van der Waals surface area contributed by atoms with Crippen LogP contribution < -0.4 is 10.1 Å². The summed E-state index contributed by atoms with van der Waals surface area (Å²) in [6, 6.07) is 7.41. The Morgan fingerprint density at radius 1 is 1.20 bits per heavy atom. The van der Waals surface area contributed by atoms with Crippen LogP contribution in [-0.2, 0) is 0 Å². The monoisotopic (exact) mass is 278 g/mol. The number of nitrogens with one attached hydrogen (secondary N) is 1. The van der Waals surface area contributed by atoms with Crippen molar-refractivity contribution in [3.63, 3.8) is 0 Å². The number of para-hydroxylation sites is 1. The second-order valence-electron chi connectivity index (χ2n) is 4.56. The maximum Gasteiger partial charge on any atom is 0.180 e. The average Bonchev–Trinajstić information content (AvgIpc) is 2.48. The van der Waals surface area contributed by atoms with Crippen LogP contribution in [0.3, 0.4) is 0 Å². The van der Waals surface area contributed by atoms with Crippen LogP contribution in [0.4, 0.5) is 0 Å². The molecule has 1 aromatic carbocycles. The average molecular weight is 278 g/mol. The molecule has 4 heteroatoms. The van der Waals surface area contributed by atoms with Crippen molar-refractivity contribution in [1.29, 1.82) is 0 Å². The molecule has 0 aliphatic heterocycles. The van der Waals surface area contributed by atoms with Gasteiger partial charge in [-0.3, -0.25) is 4.79 Å². The molecular formula is C16H26N2O2. The first kappa shape index (κ1) is 16.7. The molecular weight excluding hydrogens is 252 g/mol. The Balaban J connectivity index is 2.43. The molecule has 0 aliphatic carbocycles. The van der Waals surface area contributed by atoms with Crippen LogP contribution in [0.2, 0.25) is 0 Å². The van der Waals surface area contributed by atoms with Gasteiger partial charge in [0.1, 0.15) is 5.75 Å². The molecule has 4 nitrogen and oxygen atoms in total. The molecule has 0 aliphatic rings. The van der Waals surface area contributed by atoms with E-state index in [1.807, 2.05) is 31.2 Å². The molecule has 0 bridgehead atoms. The van der Waals surface area contributed by atoms with Crippen LogP contribution in [0.25, 0.3) is 0 Å². The lowest BCUT2D eigenvalue weighted by Gasteiger charge is -2.18. The lowest BCUT2D eigenvalue weighted by molar-refractivity contribution is 0.0986. The van der Waals surface area contributed by atoms with E-state index < -0.39 is 0 Å². The van der Waals surface area contributed by atoms with E-state index in [9.17, 15) is 4.79 Å². The fraction of sp³-hybridized carbons (Fsp3) is 0.562. The molecule has 1 rings (SSSR count). The molecule has 0 aromatic heterocycles. The maximum absolute atomic E-state index is 12.2. The summed E-state index contributed by atoms with van der Waals surface area (Å²) in [6.45, 7) is 11.0. The SMILES string of the molecule is CCOc1ccccc1C(=O)CNCCN(CC)CC. The van der Waals surface area contributed by atoms with Gasteiger partial charge in [-0.25, -0.2) is 0 Å². The Morgan fingerprint density at radius 3 is 2.55 bits per heavy atom. The Labute approximate surface area is 122 Å². The van der Waals surface area contributed by atoms with Crippen molar-refractivity contribution in [3.05, 3.63) is 29.8 Å². The molecule has 1 N–H and O–H groups in total. The van der Waals surface area contributed by atoms with Crippen molar-refractivity contribution in [2.24, 2.45) is 0 Å². The quantitative estimate of drug-likeness (QED) is 0.526. The number of ether oxygens (including phenoxy) is 1. The largest absolute Gasteiger partial charge is 0.493 e. The molecule has 0 heterocycles. The molecule has 0 radical (unpaired) electrons. The van der Waals surface area contributed by atoms with Gasteiger partial charge in [-0.05, 0) is 32.1 Å². The molecule has 112 valence electrons. The van der Waals surface area contributed by atoms with E-state index in [-0.39, 0.29) is 5.78 Å². The highest BCUT2D eigenvalue weighted by Crippen LogP contribution is 2.18. The highest BCUT2D eigenvalue weighted by Gasteiger charge is 2.11. The third-order valence-corrected chi connectivity index (χ3v) is 3.27. The molecule has 0 saturated carbocycles. The van der Waals surface area contributed by atoms with Gasteiger partial charge in [0.25, 0.3) is 0 Å². The summed E-state index contributed by atoms with van der Waals surface area (Å²) in [4.78, 5) is 14.5. The molecule has 0 saturated heterocycles. The summed E-state index contributed by atoms with van der Waals surface area (Å²) in [6.07, 6.45) is 0. The van der Waals surface area contributed by atoms with Gasteiger partial charge >= 0.3 is 0 Å². The van der Waals surface area contributed by atoms with Gasteiger partial charge in [0.15, 0.2) is 5.78 Å². The summed E-state index contributed by atoms with van der Waals surface area (Å²) >= 11 is 0. The minimum Gasteiger partial charge on any atom is -0.493 e. The maximum atomic E-state index is 12.2. The zero-order chi connectivity index (χ0) is 14.8. The first-order valence-corrected chi connectivity index (χ1v) is 7.40. The second-order valence-corrected chi connectivity index (χ2v) is 4.56. The van der Waals surface area contributed by atoms with E-state index in [2.05, 4.69) is 24.1 Å². The number of nitrogens with zero attached hydrogens (tertiary/aromatic N) is 1. The Bertz CT molecular complexity index is 403. The zero-order valence-electron chi connectivity index (χ0n) is 12.8. The van der Waals surface area contributed by atoms with Gasteiger partial charge in [-0.15, -0.1) is 0 Å². The summed E-state index contributed by atoms with van der Waals surface area (Å²) in [5, 5.41) is 3.21. The van der Waals surface area contributed by atoms with E-state index in [1.54, 1.807) is 0 Å². The van der Waals surface area contributed by atoms with Crippen LogP contribution >= 0.6 is 0 Å². The second kappa shape index (κ2) is 9.50. The normalized spacial score (nSPS) is 10.8. The van der Waals surface area contributed by atoms with Crippen molar-refractivity contribution >= 4 is 5.78 Å². The lowest BCUT2D eigenvalue weighted by atomic mass is 10.1. The molecule has 0 fully saturated rings. The van der Waals surface area contributed by atoms with Crippen molar-refractivity contribution in [2.75, 3.05) is 39.3 Å². The van der Waals surface area contributed by atoms with Crippen LogP contribution in [0.1, 0.15) is 31.1 Å². The molecule has 1 aromatic rings. The number of hydrogen-bond donors (Lipinski definition) is 1. The first-order valence-electron chi connectivity index (χ1n) is 7.40. The number of rotatable bonds is 10. The molecule has 0 atom stereocenters. The van der Waals surface area contributed by atoms with Crippen LogP contribution in [-0.4, -0.2) is 50.0 Å². The molecule has 0 unspecified atom stereocenters. The lowest BCUT2D eigenvalue weighted by Crippen LogP contribution is -2.34. The van der Waals surface area contributed by atoms with Crippen molar-refractivity contribution < 1.29 is 9.53 Å². The summed E-state index contributed by atoms with van der Waals surface area (Å²) < 4.78 is 5.48. The zero-order valence-corrected chi connectivity index (χ0v) is 12.8. The first-order chi connectivity index (χ1) is 9.72. The fourth-order valence-electron chi connectivity index (χ4n) is 2.05. The van der Waals surface area contributed by atoms with E-state index in [1.165, 1.54) is 0 Å². The van der Waals surface area contributed by atoms with Crippen molar-refractivity contribution in [3.8, 4) is 5.75 Å². The number of ketones is 1. The Hall–Kier alpha value is -1.39. The summed E-state index contributed by atoms with van der Waals surface area (Å²) in [7, 11) is 0. The number of Topliss-reactive ketones (excluding diaryl/α,β-unsaturated/α-hetero) is 1. The van der Waals surface area contributed by atoms with Gasteiger partial charge in [0.05, 0.1) is 18.7 Å². The molecule has 0 amide bonds. The predicted octanol–water partition coefficient (Wildman–Crippen LogP) is 2.20. The van der Waals surface area contributed by atoms with Gasteiger partial charge in [-0.1, -0.05) is 26.0 Å². The van der Waals surface area contributed by atoms with E-state index in [4.69, 9.17) is 4.74 Å². The number of carbonyl (C=O) groups excluding carboxylic acids is 1.